The summed E-state index contributed by atoms with van der Waals surface area (Å²) >= 11 is 0. The van der Waals surface area contributed by atoms with Crippen molar-refractivity contribution in [1.29, 1.82) is 0 Å². The van der Waals surface area contributed by atoms with Crippen LogP contribution in [0.4, 0.5) is 0 Å². The second kappa shape index (κ2) is 4.84. The van der Waals surface area contributed by atoms with E-state index in [0.717, 1.165) is 44.5 Å². The van der Waals surface area contributed by atoms with Gasteiger partial charge in [-0.3, -0.25) is 4.79 Å². The first-order valence-electron chi connectivity index (χ1n) is 7.54. The van der Waals surface area contributed by atoms with Crippen molar-refractivity contribution in [3.8, 4) is 0 Å². The monoisotopic (exact) mass is 277 g/mol. The first kappa shape index (κ1) is 12.3. The average molecular weight is 277 g/mol. The zero-order chi connectivity index (χ0) is 13.5. The summed E-state index contributed by atoms with van der Waals surface area (Å²) in [5.74, 6) is 2.12. The highest BCUT2D eigenvalue weighted by molar-refractivity contribution is 5.79. The van der Waals surface area contributed by atoms with Gasteiger partial charge in [-0.2, -0.15) is 4.98 Å². The number of likely N-dealkylation sites (tertiary alicyclic amines) is 1. The van der Waals surface area contributed by atoms with Gasteiger partial charge < -0.3 is 14.2 Å². The van der Waals surface area contributed by atoms with E-state index in [1.54, 1.807) is 0 Å². The van der Waals surface area contributed by atoms with Gasteiger partial charge in [0.2, 0.25) is 11.8 Å². The fraction of sp³-hybridized carbons (Fsp3) is 0.786. The summed E-state index contributed by atoms with van der Waals surface area (Å²) in [4.78, 5) is 19.0. The molecule has 1 saturated carbocycles. The number of carbonyl (C=O) groups is 1. The first-order chi connectivity index (χ1) is 9.83. The van der Waals surface area contributed by atoms with Gasteiger partial charge in [-0.05, 0) is 32.1 Å². The Morgan fingerprint density at radius 1 is 1.25 bits per heavy atom. The van der Waals surface area contributed by atoms with Crippen molar-refractivity contribution in [2.24, 2.45) is 5.92 Å². The Morgan fingerprint density at radius 2 is 2.15 bits per heavy atom. The predicted octanol–water partition coefficient (Wildman–Crippen LogP) is 1.65. The van der Waals surface area contributed by atoms with E-state index in [2.05, 4.69) is 10.1 Å². The Labute approximate surface area is 117 Å². The topological polar surface area (TPSA) is 68.5 Å². The maximum absolute atomic E-state index is 12.5. The molecule has 1 amide bonds. The highest BCUT2D eigenvalue weighted by atomic mass is 16.5. The highest BCUT2D eigenvalue weighted by Gasteiger charge is 2.38. The molecule has 0 bridgehead atoms. The lowest BCUT2D eigenvalue weighted by molar-refractivity contribution is -0.136. The van der Waals surface area contributed by atoms with Gasteiger partial charge in [0.1, 0.15) is 0 Å². The van der Waals surface area contributed by atoms with E-state index in [-0.39, 0.29) is 17.9 Å². The summed E-state index contributed by atoms with van der Waals surface area (Å²) in [6.07, 6.45) is 5.07. The van der Waals surface area contributed by atoms with Crippen LogP contribution in [0.25, 0.3) is 0 Å². The van der Waals surface area contributed by atoms with Crippen LogP contribution in [-0.2, 0) is 9.53 Å². The Kier molecular flexibility index (Phi) is 2.98. The first-order valence-corrected chi connectivity index (χ1v) is 7.54. The summed E-state index contributed by atoms with van der Waals surface area (Å²) in [7, 11) is 0. The molecule has 2 atom stereocenters. The largest absolute Gasteiger partial charge is 0.381 e. The lowest BCUT2D eigenvalue weighted by Gasteiger charge is -2.24. The maximum atomic E-state index is 12.5. The number of hydrogen-bond acceptors (Lipinski definition) is 5. The molecule has 0 unspecified atom stereocenters. The molecule has 4 rings (SSSR count). The van der Waals surface area contributed by atoms with Gasteiger partial charge in [0.15, 0.2) is 5.82 Å². The molecule has 3 fully saturated rings. The Balaban J connectivity index is 1.51. The summed E-state index contributed by atoms with van der Waals surface area (Å²) < 4.78 is 10.7. The van der Waals surface area contributed by atoms with E-state index in [9.17, 15) is 4.79 Å². The Morgan fingerprint density at radius 3 is 2.90 bits per heavy atom. The van der Waals surface area contributed by atoms with Gasteiger partial charge in [-0.25, -0.2) is 0 Å². The summed E-state index contributed by atoms with van der Waals surface area (Å²) in [5.41, 5.74) is 0. The minimum Gasteiger partial charge on any atom is -0.381 e. The van der Waals surface area contributed by atoms with Crippen molar-refractivity contribution in [3.63, 3.8) is 0 Å². The molecular formula is C14H19N3O3. The summed E-state index contributed by atoms with van der Waals surface area (Å²) in [5, 5.41) is 4.11. The van der Waals surface area contributed by atoms with Crippen molar-refractivity contribution in [1.82, 2.24) is 15.0 Å². The van der Waals surface area contributed by atoms with Gasteiger partial charge in [0, 0.05) is 19.1 Å². The summed E-state index contributed by atoms with van der Waals surface area (Å²) in [6.45, 7) is 2.05. The number of carbonyl (C=O) groups excluding carboxylic acids is 1. The number of rotatable bonds is 3. The van der Waals surface area contributed by atoms with Crippen LogP contribution < -0.4 is 0 Å². The molecule has 108 valence electrons. The lowest BCUT2D eigenvalue weighted by Crippen LogP contribution is -2.36. The standard InChI is InChI=1S/C14H19N3O3/c18-14(10-5-7-19-8-10)17-6-1-2-11(17)12-15-13(20-16-12)9-3-4-9/h9-11H,1-8H2/t10-,11-/m1/s1. The maximum Gasteiger partial charge on any atom is 0.229 e. The van der Waals surface area contributed by atoms with E-state index < -0.39 is 0 Å². The van der Waals surface area contributed by atoms with Crippen LogP contribution >= 0.6 is 0 Å². The van der Waals surface area contributed by atoms with E-state index in [1.807, 2.05) is 4.90 Å². The number of nitrogens with zero attached hydrogens (tertiary/aromatic N) is 3. The van der Waals surface area contributed by atoms with Crippen LogP contribution in [0.5, 0.6) is 0 Å². The predicted molar refractivity (Wildman–Crippen MR) is 68.9 cm³/mol. The molecule has 0 aromatic carbocycles. The number of hydrogen-bond donors (Lipinski definition) is 0. The van der Waals surface area contributed by atoms with Crippen LogP contribution in [0, 0.1) is 5.92 Å². The molecule has 0 radical (unpaired) electrons. The van der Waals surface area contributed by atoms with Gasteiger partial charge in [-0.15, -0.1) is 0 Å². The van der Waals surface area contributed by atoms with Gasteiger partial charge in [-0.1, -0.05) is 5.16 Å². The Hall–Kier alpha value is -1.43. The second-order valence-electron chi connectivity index (χ2n) is 6.02. The van der Waals surface area contributed by atoms with Gasteiger partial charge in [0.25, 0.3) is 0 Å². The normalized spacial score (nSPS) is 30.1. The van der Waals surface area contributed by atoms with E-state index >= 15 is 0 Å². The van der Waals surface area contributed by atoms with Crippen LogP contribution in [0.1, 0.15) is 55.8 Å². The van der Waals surface area contributed by atoms with Crippen molar-refractivity contribution in [3.05, 3.63) is 11.7 Å². The zero-order valence-electron chi connectivity index (χ0n) is 11.5. The van der Waals surface area contributed by atoms with E-state index in [4.69, 9.17) is 9.26 Å². The molecule has 2 saturated heterocycles. The minimum absolute atomic E-state index is 0.000602. The smallest absolute Gasteiger partial charge is 0.229 e. The molecule has 3 aliphatic rings. The number of ether oxygens (including phenoxy) is 1. The fourth-order valence-electron chi connectivity index (χ4n) is 3.14. The third kappa shape index (κ3) is 2.12. The number of amides is 1. The van der Waals surface area contributed by atoms with Crippen LogP contribution in [0.2, 0.25) is 0 Å². The minimum atomic E-state index is -0.000602. The average Bonchev–Trinajstić information content (AvgIpc) is 2.97. The molecule has 20 heavy (non-hydrogen) atoms. The van der Waals surface area contributed by atoms with Crippen molar-refractivity contribution >= 4 is 5.91 Å². The highest BCUT2D eigenvalue weighted by Crippen LogP contribution is 2.40. The van der Waals surface area contributed by atoms with E-state index in [1.165, 1.54) is 0 Å². The number of aromatic nitrogens is 2. The quantitative estimate of drug-likeness (QED) is 0.840. The van der Waals surface area contributed by atoms with Crippen LogP contribution in [-0.4, -0.2) is 40.7 Å². The Bertz CT molecular complexity index is 506. The molecule has 6 nitrogen and oxygen atoms in total. The molecule has 2 aliphatic heterocycles. The molecule has 1 aliphatic carbocycles. The van der Waals surface area contributed by atoms with Crippen molar-refractivity contribution in [2.45, 2.75) is 44.1 Å². The van der Waals surface area contributed by atoms with Gasteiger partial charge >= 0.3 is 0 Å². The van der Waals surface area contributed by atoms with Crippen molar-refractivity contribution < 1.29 is 14.1 Å². The molecule has 6 heteroatoms. The molecule has 0 spiro atoms. The zero-order valence-corrected chi connectivity index (χ0v) is 11.5. The molecular weight excluding hydrogens is 258 g/mol. The summed E-state index contributed by atoms with van der Waals surface area (Å²) in [6, 6.07) is -0.000602. The van der Waals surface area contributed by atoms with Crippen LogP contribution in [0.3, 0.4) is 0 Å². The van der Waals surface area contributed by atoms with Crippen LogP contribution in [0.15, 0.2) is 4.52 Å². The molecule has 1 aromatic rings. The van der Waals surface area contributed by atoms with Crippen molar-refractivity contribution in [2.75, 3.05) is 19.8 Å². The SMILES string of the molecule is O=C([C@@H]1CCOC1)N1CCC[C@@H]1c1noc(C2CC2)n1. The molecule has 0 N–H and O–H groups in total. The molecule has 1 aromatic heterocycles. The van der Waals surface area contributed by atoms with Gasteiger partial charge in [0.05, 0.1) is 18.6 Å². The lowest BCUT2D eigenvalue weighted by atomic mass is 10.1. The van der Waals surface area contributed by atoms with E-state index in [0.29, 0.717) is 25.0 Å². The third-order valence-corrected chi connectivity index (χ3v) is 4.50. The third-order valence-electron chi connectivity index (χ3n) is 4.50. The molecule has 3 heterocycles. The second-order valence-corrected chi connectivity index (χ2v) is 6.02. The fourth-order valence-corrected chi connectivity index (χ4v) is 3.14.